The summed E-state index contributed by atoms with van der Waals surface area (Å²) < 4.78 is 5.28. The topological polar surface area (TPSA) is 62.5 Å². The van der Waals surface area contributed by atoms with Gasteiger partial charge in [0.15, 0.2) is 5.96 Å². The van der Waals surface area contributed by atoms with Crippen molar-refractivity contribution >= 4 is 41.3 Å². The number of nitrogens with one attached hydrogen (secondary N) is 2. The highest BCUT2D eigenvalue weighted by atomic mass is 127. The lowest BCUT2D eigenvalue weighted by Crippen LogP contribution is -2.37. The molecule has 7 heteroatoms. The number of guanidine groups is 1. The Morgan fingerprint density at radius 2 is 2.13 bits per heavy atom. The van der Waals surface area contributed by atoms with Gasteiger partial charge in [0, 0.05) is 30.8 Å². The summed E-state index contributed by atoms with van der Waals surface area (Å²) in [6.45, 7) is 7.98. The van der Waals surface area contributed by atoms with Crippen LogP contribution in [0.25, 0.3) is 0 Å². The molecular formula is C16H25IN4OS. The smallest absolute Gasteiger partial charge is 0.191 e. The van der Waals surface area contributed by atoms with Gasteiger partial charge in [0.2, 0.25) is 0 Å². The average Bonchev–Trinajstić information content (AvgIpc) is 3.13. The van der Waals surface area contributed by atoms with Gasteiger partial charge in [0.05, 0.1) is 23.5 Å². The Morgan fingerprint density at radius 3 is 2.70 bits per heavy atom. The molecule has 5 nitrogen and oxygen atoms in total. The summed E-state index contributed by atoms with van der Waals surface area (Å²) in [5.41, 5.74) is 1.27. The zero-order valence-corrected chi connectivity index (χ0v) is 17.2. The molecule has 2 aromatic heterocycles. The molecule has 0 aliphatic carbocycles. The van der Waals surface area contributed by atoms with Gasteiger partial charge in [0.25, 0.3) is 0 Å². The van der Waals surface area contributed by atoms with Gasteiger partial charge in [-0.05, 0) is 12.1 Å². The van der Waals surface area contributed by atoms with E-state index in [1.807, 2.05) is 12.1 Å². The lowest BCUT2D eigenvalue weighted by atomic mass is 9.93. The van der Waals surface area contributed by atoms with Crippen molar-refractivity contribution in [2.45, 2.75) is 39.2 Å². The molecule has 0 aliphatic rings. The van der Waals surface area contributed by atoms with Crippen LogP contribution in [0.4, 0.5) is 0 Å². The highest BCUT2D eigenvalue weighted by molar-refractivity contribution is 14.0. The van der Waals surface area contributed by atoms with Crippen LogP contribution < -0.4 is 10.6 Å². The second kappa shape index (κ2) is 9.27. The molecule has 2 aromatic rings. The maximum atomic E-state index is 5.28. The Kier molecular flexibility index (Phi) is 8.04. The van der Waals surface area contributed by atoms with Gasteiger partial charge < -0.3 is 15.1 Å². The number of furan rings is 1. The predicted octanol–water partition coefficient (Wildman–Crippen LogP) is 3.56. The third kappa shape index (κ3) is 6.50. The maximum absolute atomic E-state index is 5.28. The zero-order valence-electron chi connectivity index (χ0n) is 14.0. The first-order chi connectivity index (χ1) is 10.5. The molecule has 0 bridgehead atoms. The van der Waals surface area contributed by atoms with Crippen molar-refractivity contribution in [2.75, 3.05) is 13.6 Å². The van der Waals surface area contributed by atoms with Gasteiger partial charge in [-0.15, -0.1) is 35.3 Å². The van der Waals surface area contributed by atoms with E-state index >= 15 is 0 Å². The standard InChI is InChI=1S/C16H24N4OS.HI/c1-16(2,3)13-11-22-14(20-13)7-8-18-15(17-4)19-10-12-6-5-9-21-12;/h5-6,9,11H,7-8,10H2,1-4H3,(H2,17,18,19);1H. The number of thiazole rings is 1. The first-order valence-electron chi connectivity index (χ1n) is 7.41. The molecular weight excluding hydrogens is 423 g/mol. The fourth-order valence-corrected chi connectivity index (χ4v) is 2.89. The number of nitrogens with zero attached hydrogens (tertiary/aromatic N) is 2. The van der Waals surface area contributed by atoms with Crippen LogP contribution in [-0.4, -0.2) is 24.5 Å². The molecule has 2 rings (SSSR count). The van der Waals surface area contributed by atoms with E-state index in [0.717, 1.165) is 35.4 Å². The molecule has 0 saturated carbocycles. The molecule has 2 heterocycles. The number of hydrogen-bond donors (Lipinski definition) is 2. The fourth-order valence-electron chi connectivity index (χ4n) is 1.86. The molecule has 128 valence electrons. The Balaban J connectivity index is 0.00000264. The summed E-state index contributed by atoms with van der Waals surface area (Å²) in [5, 5.41) is 9.81. The minimum absolute atomic E-state index is 0. The summed E-state index contributed by atoms with van der Waals surface area (Å²) >= 11 is 1.72. The van der Waals surface area contributed by atoms with Crippen molar-refractivity contribution in [1.82, 2.24) is 15.6 Å². The van der Waals surface area contributed by atoms with Crippen LogP contribution >= 0.6 is 35.3 Å². The number of aliphatic imine (C=N–C) groups is 1. The van der Waals surface area contributed by atoms with Gasteiger partial charge in [-0.1, -0.05) is 20.8 Å². The average molecular weight is 448 g/mol. The van der Waals surface area contributed by atoms with Gasteiger partial charge in [0.1, 0.15) is 5.76 Å². The van der Waals surface area contributed by atoms with Crippen molar-refractivity contribution < 1.29 is 4.42 Å². The van der Waals surface area contributed by atoms with Crippen molar-refractivity contribution in [3.63, 3.8) is 0 Å². The number of halogens is 1. The molecule has 0 aliphatic heterocycles. The van der Waals surface area contributed by atoms with E-state index in [1.165, 1.54) is 0 Å². The SMILES string of the molecule is CN=C(NCCc1nc(C(C)(C)C)cs1)NCc1ccco1.I. The molecule has 0 unspecified atom stereocenters. The second-order valence-electron chi connectivity index (χ2n) is 6.06. The van der Waals surface area contributed by atoms with Crippen LogP contribution in [0, 0.1) is 0 Å². The van der Waals surface area contributed by atoms with Crippen LogP contribution in [-0.2, 0) is 18.4 Å². The monoisotopic (exact) mass is 448 g/mol. The van der Waals surface area contributed by atoms with Crippen LogP contribution in [0.15, 0.2) is 33.2 Å². The van der Waals surface area contributed by atoms with E-state index in [-0.39, 0.29) is 29.4 Å². The van der Waals surface area contributed by atoms with Gasteiger partial charge in [-0.2, -0.15) is 0 Å². The third-order valence-corrected chi connectivity index (χ3v) is 4.09. The van der Waals surface area contributed by atoms with Gasteiger partial charge in [-0.25, -0.2) is 4.98 Å². The number of hydrogen-bond acceptors (Lipinski definition) is 4. The molecule has 0 fully saturated rings. The van der Waals surface area contributed by atoms with Crippen molar-refractivity contribution in [2.24, 2.45) is 4.99 Å². The van der Waals surface area contributed by atoms with Crippen LogP contribution in [0.2, 0.25) is 0 Å². The molecule has 0 atom stereocenters. The predicted molar refractivity (Wildman–Crippen MR) is 107 cm³/mol. The van der Waals surface area contributed by atoms with Crippen molar-refractivity contribution in [3.05, 3.63) is 40.2 Å². The summed E-state index contributed by atoms with van der Waals surface area (Å²) in [5.74, 6) is 1.65. The summed E-state index contributed by atoms with van der Waals surface area (Å²) in [7, 11) is 1.76. The first kappa shape index (κ1) is 20.0. The summed E-state index contributed by atoms with van der Waals surface area (Å²) in [6, 6.07) is 3.81. The van der Waals surface area contributed by atoms with E-state index in [9.17, 15) is 0 Å². The number of rotatable bonds is 5. The maximum Gasteiger partial charge on any atom is 0.191 e. The van der Waals surface area contributed by atoms with E-state index in [1.54, 1.807) is 24.6 Å². The largest absolute Gasteiger partial charge is 0.467 e. The lowest BCUT2D eigenvalue weighted by molar-refractivity contribution is 0.501. The van der Waals surface area contributed by atoms with Gasteiger partial charge in [-0.3, -0.25) is 4.99 Å². The minimum Gasteiger partial charge on any atom is -0.467 e. The molecule has 0 aromatic carbocycles. The first-order valence-corrected chi connectivity index (χ1v) is 8.29. The van der Waals surface area contributed by atoms with Crippen molar-refractivity contribution in [3.8, 4) is 0 Å². The zero-order chi connectivity index (χ0) is 16.0. The Hall–Kier alpha value is -1.09. The van der Waals surface area contributed by atoms with E-state index in [2.05, 4.69) is 41.8 Å². The highest BCUT2D eigenvalue weighted by Crippen LogP contribution is 2.23. The van der Waals surface area contributed by atoms with E-state index in [0.29, 0.717) is 6.54 Å². The highest BCUT2D eigenvalue weighted by Gasteiger charge is 2.17. The normalized spacial score (nSPS) is 11.9. The summed E-state index contributed by atoms with van der Waals surface area (Å²) in [4.78, 5) is 8.89. The molecule has 0 amide bonds. The quantitative estimate of drug-likeness (QED) is 0.417. The molecule has 0 saturated heterocycles. The molecule has 2 N–H and O–H groups in total. The van der Waals surface area contributed by atoms with Crippen LogP contribution in [0.3, 0.4) is 0 Å². The third-order valence-electron chi connectivity index (χ3n) is 3.19. The van der Waals surface area contributed by atoms with Crippen LogP contribution in [0.1, 0.15) is 37.2 Å². The Bertz CT molecular complexity index is 602. The number of aromatic nitrogens is 1. The molecule has 0 spiro atoms. The minimum atomic E-state index is 0. The Labute approximate surface area is 159 Å². The lowest BCUT2D eigenvalue weighted by Gasteiger charge is -2.14. The molecule has 0 radical (unpaired) electrons. The fraction of sp³-hybridized carbons (Fsp3) is 0.500. The Morgan fingerprint density at radius 1 is 1.35 bits per heavy atom. The molecule has 23 heavy (non-hydrogen) atoms. The van der Waals surface area contributed by atoms with Gasteiger partial charge >= 0.3 is 0 Å². The summed E-state index contributed by atoms with van der Waals surface area (Å²) in [6.07, 6.45) is 2.56. The van der Waals surface area contributed by atoms with Crippen molar-refractivity contribution in [1.29, 1.82) is 0 Å². The van der Waals surface area contributed by atoms with E-state index < -0.39 is 0 Å². The van der Waals surface area contributed by atoms with Crippen LogP contribution in [0.5, 0.6) is 0 Å². The second-order valence-corrected chi connectivity index (χ2v) is 7.00. The van der Waals surface area contributed by atoms with E-state index in [4.69, 9.17) is 9.40 Å².